The van der Waals surface area contributed by atoms with E-state index in [9.17, 15) is 19.2 Å². The molecule has 3 rings (SSSR count). The number of hydrogen-bond donors (Lipinski definition) is 0. The van der Waals surface area contributed by atoms with Crippen LogP contribution >= 0.6 is 0 Å². The molecule has 1 fully saturated rings. The van der Waals surface area contributed by atoms with Gasteiger partial charge in [-0.2, -0.15) is 0 Å². The number of methoxy groups -OCH3 is 2. The molecule has 0 bridgehead atoms. The van der Waals surface area contributed by atoms with Crippen molar-refractivity contribution in [1.29, 1.82) is 0 Å². The monoisotopic (exact) mass is 397 g/mol. The average molecular weight is 397 g/mol. The van der Waals surface area contributed by atoms with Gasteiger partial charge < -0.3 is 9.47 Å². The molecule has 2 amide bonds. The first kappa shape index (κ1) is 20.5. The van der Waals surface area contributed by atoms with Gasteiger partial charge in [0.05, 0.1) is 25.3 Å². The van der Waals surface area contributed by atoms with Gasteiger partial charge in [-0.3, -0.25) is 24.1 Å². The Morgan fingerprint density at radius 2 is 1.66 bits per heavy atom. The Morgan fingerprint density at radius 1 is 1.14 bits per heavy atom. The highest BCUT2D eigenvalue weighted by Crippen LogP contribution is 2.53. The molecule has 1 heterocycles. The summed E-state index contributed by atoms with van der Waals surface area (Å²) in [5, 5.41) is 0. The van der Waals surface area contributed by atoms with Crippen LogP contribution in [0.4, 0.5) is 0 Å². The first-order valence-corrected chi connectivity index (χ1v) is 9.26. The van der Waals surface area contributed by atoms with Crippen LogP contribution < -0.4 is 0 Å². The zero-order valence-corrected chi connectivity index (χ0v) is 16.5. The van der Waals surface area contributed by atoms with Crippen LogP contribution in [0, 0.1) is 17.3 Å². The van der Waals surface area contributed by atoms with Crippen molar-refractivity contribution in [1.82, 2.24) is 4.90 Å². The van der Waals surface area contributed by atoms with Crippen molar-refractivity contribution in [3.8, 4) is 0 Å². The van der Waals surface area contributed by atoms with Gasteiger partial charge >= 0.3 is 11.9 Å². The fourth-order valence-electron chi connectivity index (χ4n) is 4.46. The molecule has 0 unspecified atom stereocenters. The summed E-state index contributed by atoms with van der Waals surface area (Å²) in [6.07, 6.45) is 1.94. The SMILES string of the molecule is C=C[C@H]1CC(C(=O)OC)(C(=O)OC)[C@@H](CCN2C(=O)c3ccccc3C2=O)C1=C. The van der Waals surface area contributed by atoms with Crippen LogP contribution in [0.15, 0.2) is 49.1 Å². The normalized spacial score (nSPS) is 22.4. The minimum absolute atomic E-state index is 0.0373. The standard InChI is InChI=1S/C22H23NO6/c1-5-14-12-22(20(26)28-3,21(27)29-4)17(13(14)2)10-11-23-18(24)15-8-6-7-9-16(15)19(23)25/h5-9,14,17H,1-2,10-12H2,3-4H3/t14-,17-/m0/s1. The number of rotatable bonds is 6. The fourth-order valence-corrected chi connectivity index (χ4v) is 4.46. The van der Waals surface area contributed by atoms with Gasteiger partial charge in [-0.25, -0.2) is 0 Å². The van der Waals surface area contributed by atoms with Crippen molar-refractivity contribution in [2.75, 3.05) is 20.8 Å². The van der Waals surface area contributed by atoms with Crippen molar-refractivity contribution in [2.45, 2.75) is 12.8 Å². The van der Waals surface area contributed by atoms with E-state index >= 15 is 0 Å². The van der Waals surface area contributed by atoms with Crippen molar-refractivity contribution < 1.29 is 28.7 Å². The number of imide groups is 1. The number of ether oxygens (including phenoxy) is 2. The number of hydrogen-bond acceptors (Lipinski definition) is 6. The molecule has 2 aliphatic rings. The van der Waals surface area contributed by atoms with E-state index in [2.05, 4.69) is 13.2 Å². The van der Waals surface area contributed by atoms with Gasteiger partial charge in [0.15, 0.2) is 5.41 Å². The van der Waals surface area contributed by atoms with E-state index in [4.69, 9.17) is 9.47 Å². The van der Waals surface area contributed by atoms with E-state index < -0.39 is 35.1 Å². The van der Waals surface area contributed by atoms with Gasteiger partial charge in [-0.15, -0.1) is 6.58 Å². The Morgan fingerprint density at radius 3 is 2.10 bits per heavy atom. The summed E-state index contributed by atoms with van der Waals surface area (Å²) >= 11 is 0. The number of amides is 2. The summed E-state index contributed by atoms with van der Waals surface area (Å²) in [6, 6.07) is 6.59. The van der Waals surface area contributed by atoms with Crippen LogP contribution in [0.5, 0.6) is 0 Å². The summed E-state index contributed by atoms with van der Waals surface area (Å²) in [5.41, 5.74) is -0.261. The molecule has 0 N–H and O–H groups in total. The lowest BCUT2D eigenvalue weighted by Gasteiger charge is -2.31. The third kappa shape index (κ3) is 2.97. The van der Waals surface area contributed by atoms with Crippen LogP contribution in [-0.4, -0.2) is 49.4 Å². The minimum Gasteiger partial charge on any atom is -0.468 e. The fraction of sp³-hybridized carbons (Fsp3) is 0.364. The second-order valence-electron chi connectivity index (χ2n) is 7.22. The Bertz CT molecular complexity index is 867. The Balaban J connectivity index is 1.91. The van der Waals surface area contributed by atoms with Crippen LogP contribution in [0.2, 0.25) is 0 Å². The number of carbonyl (C=O) groups excluding carboxylic acids is 4. The van der Waals surface area contributed by atoms with Gasteiger partial charge in [0.1, 0.15) is 0 Å². The molecule has 1 saturated carbocycles. The van der Waals surface area contributed by atoms with Gasteiger partial charge in [0.2, 0.25) is 0 Å². The minimum atomic E-state index is -1.59. The first-order valence-electron chi connectivity index (χ1n) is 9.26. The summed E-state index contributed by atoms with van der Waals surface area (Å²) in [5.74, 6) is -3.17. The summed E-state index contributed by atoms with van der Waals surface area (Å²) < 4.78 is 9.87. The maximum Gasteiger partial charge on any atom is 0.323 e. The topological polar surface area (TPSA) is 90.0 Å². The predicted molar refractivity (Wildman–Crippen MR) is 104 cm³/mol. The number of esters is 2. The zero-order chi connectivity index (χ0) is 21.3. The lowest BCUT2D eigenvalue weighted by molar-refractivity contribution is -0.172. The van der Waals surface area contributed by atoms with Gasteiger partial charge in [-0.05, 0) is 30.9 Å². The largest absolute Gasteiger partial charge is 0.468 e. The number of nitrogens with zero attached hydrogens (tertiary/aromatic N) is 1. The first-order chi connectivity index (χ1) is 13.8. The number of allylic oxidation sites excluding steroid dienone is 2. The van der Waals surface area contributed by atoms with Gasteiger partial charge in [0.25, 0.3) is 11.8 Å². The Kier molecular flexibility index (Phi) is 5.42. The molecule has 29 heavy (non-hydrogen) atoms. The van der Waals surface area contributed by atoms with E-state index in [1.807, 2.05) is 0 Å². The number of carbonyl (C=O) groups is 4. The third-order valence-corrected chi connectivity index (χ3v) is 5.96. The molecule has 0 spiro atoms. The molecule has 1 aliphatic carbocycles. The van der Waals surface area contributed by atoms with Crippen LogP contribution in [0.3, 0.4) is 0 Å². The molecule has 1 aromatic carbocycles. The summed E-state index contributed by atoms with van der Waals surface area (Å²) in [4.78, 5) is 51.8. The average Bonchev–Trinajstić information content (AvgIpc) is 3.17. The highest BCUT2D eigenvalue weighted by Gasteiger charge is 2.61. The summed E-state index contributed by atoms with van der Waals surface area (Å²) in [6.45, 7) is 7.87. The van der Waals surface area contributed by atoms with E-state index in [0.29, 0.717) is 16.7 Å². The highest BCUT2D eigenvalue weighted by molar-refractivity contribution is 6.21. The highest BCUT2D eigenvalue weighted by atomic mass is 16.5. The second-order valence-corrected chi connectivity index (χ2v) is 7.22. The lowest BCUT2D eigenvalue weighted by Crippen LogP contribution is -2.45. The molecular weight excluding hydrogens is 374 g/mol. The maximum atomic E-state index is 12.7. The van der Waals surface area contributed by atoms with Crippen molar-refractivity contribution in [2.24, 2.45) is 17.3 Å². The molecule has 1 aromatic rings. The van der Waals surface area contributed by atoms with E-state index in [0.717, 1.165) is 4.90 Å². The Hall–Kier alpha value is -3.22. The van der Waals surface area contributed by atoms with Gasteiger partial charge in [-0.1, -0.05) is 30.4 Å². The van der Waals surface area contributed by atoms with E-state index in [-0.39, 0.29) is 25.3 Å². The quantitative estimate of drug-likeness (QED) is 0.317. The molecule has 0 aromatic heterocycles. The molecule has 0 saturated heterocycles. The molecule has 7 heteroatoms. The number of fused-ring (bicyclic) bond motifs is 1. The predicted octanol–water partition coefficient (Wildman–Crippen LogP) is 2.38. The molecule has 1 aliphatic heterocycles. The van der Waals surface area contributed by atoms with E-state index in [1.165, 1.54) is 14.2 Å². The van der Waals surface area contributed by atoms with Crippen molar-refractivity contribution in [3.05, 3.63) is 60.2 Å². The summed E-state index contributed by atoms with van der Waals surface area (Å²) in [7, 11) is 2.41. The second kappa shape index (κ2) is 7.66. The van der Waals surface area contributed by atoms with E-state index in [1.54, 1.807) is 30.3 Å². The van der Waals surface area contributed by atoms with Gasteiger partial charge in [0, 0.05) is 12.5 Å². The van der Waals surface area contributed by atoms with Crippen LogP contribution in [-0.2, 0) is 19.1 Å². The molecule has 7 nitrogen and oxygen atoms in total. The molecule has 152 valence electrons. The molecule has 0 radical (unpaired) electrons. The van der Waals surface area contributed by atoms with Crippen LogP contribution in [0.1, 0.15) is 33.6 Å². The third-order valence-electron chi connectivity index (χ3n) is 5.96. The number of benzene rings is 1. The van der Waals surface area contributed by atoms with Crippen molar-refractivity contribution in [3.63, 3.8) is 0 Å². The molecular formula is C22H23NO6. The lowest BCUT2D eigenvalue weighted by atomic mass is 9.75. The Labute approximate surface area is 169 Å². The smallest absolute Gasteiger partial charge is 0.323 e. The maximum absolute atomic E-state index is 12.7. The zero-order valence-electron chi connectivity index (χ0n) is 16.5. The molecule has 2 atom stereocenters. The van der Waals surface area contributed by atoms with Crippen molar-refractivity contribution >= 4 is 23.8 Å². The van der Waals surface area contributed by atoms with Crippen LogP contribution in [0.25, 0.3) is 0 Å².